The van der Waals surface area contributed by atoms with E-state index in [-0.39, 0.29) is 5.91 Å². The van der Waals surface area contributed by atoms with E-state index >= 15 is 0 Å². The van der Waals surface area contributed by atoms with Crippen LogP contribution in [0.4, 0.5) is 11.4 Å². The van der Waals surface area contributed by atoms with Crippen LogP contribution in [0, 0.1) is 6.92 Å². The molecule has 0 bridgehead atoms. The van der Waals surface area contributed by atoms with Crippen LogP contribution in [0.5, 0.6) is 0 Å². The zero-order valence-corrected chi connectivity index (χ0v) is 11.9. The Morgan fingerprint density at radius 2 is 2.10 bits per heavy atom. The van der Waals surface area contributed by atoms with Crippen LogP contribution in [-0.4, -0.2) is 12.5 Å². The molecular weight excluding hydrogens is 272 g/mol. The molecule has 0 saturated heterocycles. The monoisotopic (exact) mass is 286 g/mol. The molecule has 0 aliphatic carbocycles. The van der Waals surface area contributed by atoms with Gasteiger partial charge in [0.1, 0.15) is 0 Å². The summed E-state index contributed by atoms with van der Waals surface area (Å²) in [6.45, 7) is 2.57. The van der Waals surface area contributed by atoms with E-state index in [1.807, 2.05) is 31.2 Å². The standard InChI is InChI=1S/C16H15ClN2O/c1-10-5-6-12(17)9-13(10)16(20)19-8-7-11-3-2-4-14(18)15(11)19/h2-6,9H,7-8,18H2,1H3. The predicted octanol–water partition coefficient (Wildman–Crippen LogP) is 3.43. The number of nitrogens with two attached hydrogens (primary N) is 1. The fourth-order valence-electron chi connectivity index (χ4n) is 2.66. The first-order valence-corrected chi connectivity index (χ1v) is 6.91. The SMILES string of the molecule is Cc1ccc(Cl)cc1C(=O)N1CCc2cccc(N)c21. The number of fused-ring (bicyclic) bond motifs is 1. The third-order valence-electron chi connectivity index (χ3n) is 3.70. The number of para-hydroxylation sites is 1. The van der Waals surface area contributed by atoms with E-state index in [0.717, 1.165) is 23.2 Å². The van der Waals surface area contributed by atoms with Crippen molar-refractivity contribution < 1.29 is 4.79 Å². The highest BCUT2D eigenvalue weighted by atomic mass is 35.5. The Hall–Kier alpha value is -2.00. The van der Waals surface area contributed by atoms with Gasteiger partial charge in [-0.25, -0.2) is 0 Å². The average Bonchev–Trinajstić information content (AvgIpc) is 2.86. The zero-order valence-electron chi connectivity index (χ0n) is 11.2. The lowest BCUT2D eigenvalue weighted by atomic mass is 10.1. The van der Waals surface area contributed by atoms with E-state index in [2.05, 4.69) is 0 Å². The Kier molecular flexibility index (Phi) is 3.14. The molecule has 1 aliphatic rings. The van der Waals surface area contributed by atoms with Gasteiger partial charge in [-0.3, -0.25) is 4.79 Å². The Labute approximate surface area is 123 Å². The topological polar surface area (TPSA) is 46.3 Å². The summed E-state index contributed by atoms with van der Waals surface area (Å²) in [5, 5.41) is 0.569. The van der Waals surface area contributed by atoms with Crippen LogP contribution in [-0.2, 0) is 6.42 Å². The van der Waals surface area contributed by atoms with Crippen molar-refractivity contribution in [2.75, 3.05) is 17.2 Å². The smallest absolute Gasteiger partial charge is 0.258 e. The zero-order chi connectivity index (χ0) is 14.3. The second-order valence-electron chi connectivity index (χ2n) is 5.02. The Morgan fingerprint density at radius 3 is 2.90 bits per heavy atom. The molecule has 1 heterocycles. The highest BCUT2D eigenvalue weighted by Crippen LogP contribution is 2.35. The summed E-state index contributed by atoms with van der Waals surface area (Å²) in [6, 6.07) is 11.1. The molecule has 102 valence electrons. The number of hydrogen-bond acceptors (Lipinski definition) is 2. The maximum Gasteiger partial charge on any atom is 0.258 e. The largest absolute Gasteiger partial charge is 0.397 e. The van der Waals surface area contributed by atoms with Gasteiger partial charge in [0.05, 0.1) is 11.4 Å². The second kappa shape index (κ2) is 4.84. The molecule has 2 aromatic carbocycles. The van der Waals surface area contributed by atoms with Gasteiger partial charge in [0, 0.05) is 17.1 Å². The third-order valence-corrected chi connectivity index (χ3v) is 3.94. The first-order valence-electron chi connectivity index (χ1n) is 6.53. The molecule has 0 radical (unpaired) electrons. The molecule has 0 saturated carbocycles. The quantitative estimate of drug-likeness (QED) is 0.816. The van der Waals surface area contributed by atoms with Crippen LogP contribution in [0.2, 0.25) is 5.02 Å². The van der Waals surface area contributed by atoms with Crippen LogP contribution in [0.3, 0.4) is 0 Å². The number of carbonyl (C=O) groups excluding carboxylic acids is 1. The molecule has 3 nitrogen and oxygen atoms in total. The van der Waals surface area contributed by atoms with Crippen molar-refractivity contribution in [3.63, 3.8) is 0 Å². The maximum atomic E-state index is 12.7. The lowest BCUT2D eigenvalue weighted by molar-refractivity contribution is 0.0989. The molecule has 0 unspecified atom stereocenters. The fourth-order valence-corrected chi connectivity index (χ4v) is 2.83. The number of anilines is 2. The number of rotatable bonds is 1. The number of amides is 1. The lowest BCUT2D eigenvalue weighted by Crippen LogP contribution is -2.30. The highest BCUT2D eigenvalue weighted by Gasteiger charge is 2.28. The van der Waals surface area contributed by atoms with E-state index < -0.39 is 0 Å². The summed E-state index contributed by atoms with van der Waals surface area (Å²) in [5.74, 6) is -0.0401. The van der Waals surface area contributed by atoms with Gasteiger partial charge in [-0.15, -0.1) is 0 Å². The van der Waals surface area contributed by atoms with Gasteiger partial charge in [-0.1, -0.05) is 29.8 Å². The van der Waals surface area contributed by atoms with Crippen molar-refractivity contribution in [2.24, 2.45) is 0 Å². The normalized spacial score (nSPS) is 13.4. The molecule has 0 fully saturated rings. The van der Waals surface area contributed by atoms with Crippen LogP contribution >= 0.6 is 11.6 Å². The number of halogens is 1. The number of hydrogen-bond donors (Lipinski definition) is 1. The number of aryl methyl sites for hydroxylation is 1. The Bertz CT molecular complexity index is 697. The molecule has 1 aliphatic heterocycles. The summed E-state index contributed by atoms with van der Waals surface area (Å²) in [7, 11) is 0. The van der Waals surface area contributed by atoms with Gasteiger partial charge in [0.15, 0.2) is 0 Å². The first-order chi connectivity index (χ1) is 9.58. The minimum Gasteiger partial charge on any atom is -0.397 e. The molecule has 1 amide bonds. The van der Waals surface area contributed by atoms with Gasteiger partial charge in [0.2, 0.25) is 0 Å². The van der Waals surface area contributed by atoms with Gasteiger partial charge < -0.3 is 10.6 Å². The van der Waals surface area contributed by atoms with Gasteiger partial charge in [-0.2, -0.15) is 0 Å². The van der Waals surface area contributed by atoms with Crippen molar-refractivity contribution in [1.82, 2.24) is 0 Å². The number of nitrogen functional groups attached to an aromatic ring is 1. The van der Waals surface area contributed by atoms with E-state index in [9.17, 15) is 4.79 Å². The molecule has 2 N–H and O–H groups in total. The van der Waals surface area contributed by atoms with Crippen LogP contribution in [0.15, 0.2) is 36.4 Å². The molecular formula is C16H15ClN2O. The molecule has 20 heavy (non-hydrogen) atoms. The summed E-state index contributed by atoms with van der Waals surface area (Å²) >= 11 is 6.00. The number of nitrogens with zero attached hydrogens (tertiary/aromatic N) is 1. The van der Waals surface area contributed by atoms with Gasteiger partial charge in [0.25, 0.3) is 5.91 Å². The summed E-state index contributed by atoms with van der Waals surface area (Å²) < 4.78 is 0. The maximum absolute atomic E-state index is 12.7. The van der Waals surface area contributed by atoms with Gasteiger partial charge >= 0.3 is 0 Å². The molecule has 0 aromatic heterocycles. The van der Waals surface area contributed by atoms with Crippen molar-refractivity contribution in [3.05, 3.63) is 58.1 Å². The second-order valence-corrected chi connectivity index (χ2v) is 5.46. The first kappa shape index (κ1) is 13.0. The average molecular weight is 287 g/mol. The molecule has 0 spiro atoms. The van der Waals surface area contributed by atoms with Crippen LogP contribution < -0.4 is 10.6 Å². The minimum atomic E-state index is -0.0401. The summed E-state index contributed by atoms with van der Waals surface area (Å²) in [4.78, 5) is 14.5. The molecule has 3 rings (SSSR count). The molecule has 0 atom stereocenters. The molecule has 4 heteroatoms. The van der Waals surface area contributed by atoms with Crippen molar-refractivity contribution in [1.29, 1.82) is 0 Å². The minimum absolute atomic E-state index is 0.0401. The molecule has 2 aromatic rings. The van der Waals surface area contributed by atoms with Crippen molar-refractivity contribution in [2.45, 2.75) is 13.3 Å². The fraction of sp³-hybridized carbons (Fsp3) is 0.188. The number of carbonyl (C=O) groups is 1. The van der Waals surface area contributed by atoms with Crippen LogP contribution in [0.1, 0.15) is 21.5 Å². The summed E-state index contributed by atoms with van der Waals surface area (Å²) in [6.07, 6.45) is 0.839. The van der Waals surface area contributed by atoms with Gasteiger partial charge in [-0.05, 0) is 42.7 Å². The third kappa shape index (κ3) is 2.04. The van der Waals surface area contributed by atoms with E-state index in [1.165, 1.54) is 0 Å². The van der Waals surface area contributed by atoms with Crippen molar-refractivity contribution >= 4 is 28.9 Å². The predicted molar refractivity (Wildman–Crippen MR) is 82.4 cm³/mol. The number of benzene rings is 2. The van der Waals surface area contributed by atoms with E-state index in [1.54, 1.807) is 17.0 Å². The van der Waals surface area contributed by atoms with Crippen LogP contribution in [0.25, 0.3) is 0 Å². The van der Waals surface area contributed by atoms with E-state index in [4.69, 9.17) is 17.3 Å². The Balaban J connectivity index is 2.04. The highest BCUT2D eigenvalue weighted by molar-refractivity contribution is 6.31. The Morgan fingerprint density at radius 1 is 1.30 bits per heavy atom. The van der Waals surface area contributed by atoms with E-state index in [0.29, 0.717) is 22.8 Å². The lowest BCUT2D eigenvalue weighted by Gasteiger charge is -2.20. The van der Waals surface area contributed by atoms with Crippen molar-refractivity contribution in [3.8, 4) is 0 Å². The summed E-state index contributed by atoms with van der Waals surface area (Å²) in [5.41, 5.74) is 10.2.